The molecule has 0 aliphatic carbocycles. The summed E-state index contributed by atoms with van der Waals surface area (Å²) in [5, 5.41) is 22.2. The fourth-order valence-corrected chi connectivity index (χ4v) is 2.56. The van der Waals surface area contributed by atoms with Gasteiger partial charge in [-0.25, -0.2) is 4.79 Å². The highest BCUT2D eigenvalue weighted by Crippen LogP contribution is 2.19. The number of phenolic OH excluding ortho intramolecular Hbond substituents is 1. The molecule has 1 aromatic carbocycles. The molecule has 3 aromatic rings. The average molecular weight is 356 g/mol. The summed E-state index contributed by atoms with van der Waals surface area (Å²) < 4.78 is 6.69. The lowest BCUT2D eigenvalue weighted by Crippen LogP contribution is -2.31. The van der Waals surface area contributed by atoms with E-state index in [0.717, 1.165) is 0 Å². The fraction of sp³-hybridized carbons (Fsp3) is 0.167. The molecule has 0 aliphatic rings. The fourth-order valence-electron chi connectivity index (χ4n) is 2.56. The molecule has 8 nitrogen and oxygen atoms in total. The van der Waals surface area contributed by atoms with Gasteiger partial charge in [0.2, 0.25) is 5.43 Å². The number of nitrogens with one attached hydrogen (secondary N) is 1. The number of aromatic nitrogens is 1. The van der Waals surface area contributed by atoms with Gasteiger partial charge in [-0.3, -0.25) is 9.59 Å². The number of pyridine rings is 1. The van der Waals surface area contributed by atoms with Crippen LogP contribution >= 0.6 is 0 Å². The number of nitrogens with zero attached hydrogens (tertiary/aromatic N) is 1. The lowest BCUT2D eigenvalue weighted by Gasteiger charge is -2.12. The van der Waals surface area contributed by atoms with Crippen LogP contribution in [0, 0.1) is 6.92 Å². The molecular weight excluding hydrogens is 340 g/mol. The van der Waals surface area contributed by atoms with Crippen LogP contribution in [0.3, 0.4) is 0 Å². The number of hydrogen-bond donors (Lipinski definition) is 3. The summed E-state index contributed by atoms with van der Waals surface area (Å²) in [6.07, 6.45) is 1.51. The standard InChI is InChI=1S/C18H16N2O6/c1-10-16(23)14(22)4-6-20(10)7-5-19-17(24)13-9-11-8-12(21)2-3-15(11)26-18(13)25/h2-4,6,8-9,21,23H,5,7H2,1H3,(H,19,24). The minimum absolute atomic E-state index is 0.00814. The second-order valence-corrected chi connectivity index (χ2v) is 5.73. The first-order chi connectivity index (χ1) is 12.4. The van der Waals surface area contributed by atoms with Gasteiger partial charge in [0.1, 0.15) is 16.9 Å². The van der Waals surface area contributed by atoms with E-state index in [-0.39, 0.29) is 29.2 Å². The van der Waals surface area contributed by atoms with Gasteiger partial charge >= 0.3 is 5.63 Å². The molecule has 0 spiro atoms. The van der Waals surface area contributed by atoms with Gasteiger partial charge in [-0.1, -0.05) is 0 Å². The molecule has 0 bridgehead atoms. The Kier molecular flexibility index (Phi) is 4.49. The third-order valence-electron chi connectivity index (χ3n) is 4.01. The van der Waals surface area contributed by atoms with Gasteiger partial charge in [0.15, 0.2) is 5.75 Å². The maximum atomic E-state index is 12.2. The Hall–Kier alpha value is -3.55. The van der Waals surface area contributed by atoms with Crippen molar-refractivity contribution in [3.8, 4) is 11.5 Å². The zero-order chi connectivity index (χ0) is 18.8. The van der Waals surface area contributed by atoms with E-state index < -0.39 is 17.0 Å². The molecular formula is C18H16N2O6. The van der Waals surface area contributed by atoms with Crippen molar-refractivity contribution >= 4 is 16.9 Å². The topological polar surface area (TPSA) is 122 Å². The van der Waals surface area contributed by atoms with Crippen molar-refractivity contribution in [1.29, 1.82) is 0 Å². The third kappa shape index (κ3) is 3.30. The van der Waals surface area contributed by atoms with Crippen molar-refractivity contribution in [2.75, 3.05) is 6.54 Å². The van der Waals surface area contributed by atoms with Crippen LogP contribution in [0.25, 0.3) is 11.0 Å². The zero-order valence-electron chi connectivity index (χ0n) is 13.9. The highest BCUT2D eigenvalue weighted by molar-refractivity contribution is 5.96. The lowest BCUT2D eigenvalue weighted by molar-refractivity contribution is 0.0948. The van der Waals surface area contributed by atoms with E-state index in [1.807, 2.05) is 0 Å². The molecule has 3 N–H and O–H groups in total. The van der Waals surface area contributed by atoms with Crippen molar-refractivity contribution in [3.63, 3.8) is 0 Å². The van der Waals surface area contributed by atoms with Crippen LogP contribution in [0.2, 0.25) is 0 Å². The molecule has 0 radical (unpaired) electrons. The Labute approximate surface area is 146 Å². The first-order valence-corrected chi connectivity index (χ1v) is 7.81. The van der Waals surface area contributed by atoms with Crippen LogP contribution in [-0.2, 0) is 6.54 Å². The van der Waals surface area contributed by atoms with Crippen molar-refractivity contribution < 1.29 is 19.4 Å². The quantitative estimate of drug-likeness (QED) is 0.602. The van der Waals surface area contributed by atoms with Crippen LogP contribution < -0.4 is 16.4 Å². The largest absolute Gasteiger partial charge is 0.508 e. The van der Waals surface area contributed by atoms with Crippen LogP contribution in [0.1, 0.15) is 16.1 Å². The summed E-state index contributed by atoms with van der Waals surface area (Å²) in [6.45, 7) is 2.05. The van der Waals surface area contributed by atoms with Gasteiger partial charge in [-0.2, -0.15) is 0 Å². The Morgan fingerprint density at radius 3 is 2.73 bits per heavy atom. The Morgan fingerprint density at radius 1 is 1.19 bits per heavy atom. The van der Waals surface area contributed by atoms with Crippen molar-refractivity contribution in [3.05, 3.63) is 68.4 Å². The number of phenols is 1. The average Bonchev–Trinajstić information content (AvgIpc) is 2.61. The second kappa shape index (κ2) is 6.75. The first-order valence-electron chi connectivity index (χ1n) is 7.81. The maximum Gasteiger partial charge on any atom is 0.349 e. The lowest BCUT2D eigenvalue weighted by atomic mass is 10.1. The highest BCUT2D eigenvalue weighted by Gasteiger charge is 2.14. The minimum Gasteiger partial charge on any atom is -0.508 e. The molecule has 0 fully saturated rings. The van der Waals surface area contributed by atoms with Gasteiger partial charge in [-0.05, 0) is 31.2 Å². The van der Waals surface area contributed by atoms with Crippen LogP contribution in [0.5, 0.6) is 11.5 Å². The Balaban J connectivity index is 1.75. The molecule has 0 saturated carbocycles. The first kappa shape index (κ1) is 17.3. The molecule has 3 rings (SSSR count). The number of fused-ring (bicyclic) bond motifs is 1. The molecule has 134 valence electrons. The molecule has 1 amide bonds. The predicted molar refractivity (Wildman–Crippen MR) is 93.6 cm³/mol. The summed E-state index contributed by atoms with van der Waals surface area (Å²) in [6, 6.07) is 6.80. The van der Waals surface area contributed by atoms with Crippen LogP contribution in [0.15, 0.2) is 50.5 Å². The molecule has 8 heteroatoms. The SMILES string of the molecule is Cc1c(O)c(=O)ccn1CCNC(=O)c1cc2cc(O)ccc2oc1=O. The summed E-state index contributed by atoms with van der Waals surface area (Å²) in [5.74, 6) is -0.966. The van der Waals surface area contributed by atoms with Crippen molar-refractivity contribution in [2.45, 2.75) is 13.5 Å². The van der Waals surface area contributed by atoms with Crippen molar-refractivity contribution in [2.24, 2.45) is 0 Å². The normalized spacial score (nSPS) is 10.8. The number of benzene rings is 1. The van der Waals surface area contributed by atoms with Crippen LogP contribution in [0.4, 0.5) is 0 Å². The van der Waals surface area contributed by atoms with E-state index in [1.54, 1.807) is 11.5 Å². The number of amides is 1. The summed E-state index contributed by atoms with van der Waals surface area (Å²) in [4.78, 5) is 35.5. The third-order valence-corrected chi connectivity index (χ3v) is 4.01. The molecule has 2 heterocycles. The minimum atomic E-state index is -0.780. The molecule has 2 aromatic heterocycles. The molecule has 0 saturated heterocycles. The molecule has 0 unspecified atom stereocenters. The number of carbonyl (C=O) groups is 1. The maximum absolute atomic E-state index is 12.2. The zero-order valence-corrected chi connectivity index (χ0v) is 13.9. The van der Waals surface area contributed by atoms with Gasteiger partial charge in [0.05, 0.1) is 5.69 Å². The van der Waals surface area contributed by atoms with E-state index in [0.29, 0.717) is 17.6 Å². The predicted octanol–water partition coefficient (Wildman–Crippen LogP) is 1.10. The summed E-state index contributed by atoms with van der Waals surface area (Å²) in [7, 11) is 0. The molecule has 0 atom stereocenters. The van der Waals surface area contributed by atoms with E-state index in [9.17, 15) is 24.6 Å². The molecule has 26 heavy (non-hydrogen) atoms. The highest BCUT2D eigenvalue weighted by atomic mass is 16.4. The van der Waals surface area contributed by atoms with E-state index in [1.165, 1.54) is 36.5 Å². The van der Waals surface area contributed by atoms with Crippen molar-refractivity contribution in [1.82, 2.24) is 9.88 Å². The van der Waals surface area contributed by atoms with Crippen LogP contribution in [-0.4, -0.2) is 27.2 Å². The second-order valence-electron chi connectivity index (χ2n) is 5.73. The Bertz CT molecular complexity index is 1110. The molecule has 0 aliphatic heterocycles. The van der Waals surface area contributed by atoms with Gasteiger partial charge < -0.3 is 24.5 Å². The summed E-state index contributed by atoms with van der Waals surface area (Å²) in [5.41, 5.74) is -0.781. The number of hydrogen-bond acceptors (Lipinski definition) is 6. The summed E-state index contributed by atoms with van der Waals surface area (Å²) >= 11 is 0. The number of carbonyl (C=O) groups excluding carboxylic acids is 1. The van der Waals surface area contributed by atoms with E-state index >= 15 is 0 Å². The number of rotatable bonds is 4. The van der Waals surface area contributed by atoms with E-state index in [4.69, 9.17) is 4.42 Å². The van der Waals surface area contributed by atoms with Gasteiger partial charge in [0.25, 0.3) is 5.91 Å². The smallest absolute Gasteiger partial charge is 0.349 e. The van der Waals surface area contributed by atoms with Gasteiger partial charge in [0, 0.05) is 30.7 Å². The van der Waals surface area contributed by atoms with E-state index in [2.05, 4.69) is 5.32 Å². The van der Waals surface area contributed by atoms with Gasteiger partial charge in [-0.15, -0.1) is 0 Å². The number of aromatic hydroxyl groups is 2. The Morgan fingerprint density at radius 2 is 1.96 bits per heavy atom. The monoisotopic (exact) mass is 356 g/mol.